The second kappa shape index (κ2) is 10.5. The number of carbonyl (C=O) groups excluding carboxylic acids is 2. The molecule has 0 aliphatic rings. The Balaban J connectivity index is 1.85. The van der Waals surface area contributed by atoms with Gasteiger partial charge in [0.05, 0.1) is 19.1 Å². The molecule has 11 heteroatoms. The summed E-state index contributed by atoms with van der Waals surface area (Å²) in [6.45, 7) is 0. The van der Waals surface area contributed by atoms with E-state index >= 15 is 0 Å². The molecule has 0 aliphatic carbocycles. The molecule has 0 aliphatic heterocycles. The Kier molecular flexibility index (Phi) is 7.82. The Morgan fingerprint density at radius 2 is 1.70 bits per heavy atom. The lowest BCUT2D eigenvalue weighted by atomic mass is 10.2. The number of hydrogen-bond donors (Lipinski definition) is 3. The van der Waals surface area contributed by atoms with Gasteiger partial charge in [-0.15, -0.1) is 0 Å². The molecule has 0 bridgehead atoms. The number of carbonyl (C=O) groups is 2. The van der Waals surface area contributed by atoms with E-state index in [2.05, 4.69) is 16.2 Å². The molecule has 2 amide bonds. The average molecular weight is 430 g/mol. The summed E-state index contributed by atoms with van der Waals surface area (Å²) < 4.78 is 10.3. The van der Waals surface area contributed by atoms with Crippen LogP contribution in [0.3, 0.4) is 0 Å². The summed E-state index contributed by atoms with van der Waals surface area (Å²) in [5.41, 5.74) is 5.40. The van der Waals surface area contributed by atoms with Crippen molar-refractivity contribution in [3.8, 4) is 11.5 Å². The van der Waals surface area contributed by atoms with E-state index < -0.39 is 16.7 Å². The van der Waals surface area contributed by atoms with Crippen LogP contribution >= 0.6 is 12.2 Å². The minimum atomic E-state index is -0.581. The predicted octanol–water partition coefficient (Wildman–Crippen LogP) is 1.96. The average Bonchev–Trinajstić information content (AvgIpc) is 2.75. The number of non-ortho nitro benzene ring substituents is 1. The first-order valence-electron chi connectivity index (χ1n) is 8.40. The number of hydrogen-bond acceptors (Lipinski definition) is 7. The van der Waals surface area contributed by atoms with E-state index in [4.69, 9.17) is 21.7 Å². The van der Waals surface area contributed by atoms with Gasteiger partial charge in [-0.25, -0.2) is 0 Å². The van der Waals surface area contributed by atoms with Crippen molar-refractivity contribution >= 4 is 40.9 Å². The zero-order valence-electron chi connectivity index (χ0n) is 16.0. The fourth-order valence-corrected chi connectivity index (χ4v) is 2.39. The first-order chi connectivity index (χ1) is 14.3. The SMILES string of the molecule is COc1ccc(/C=C/C(=O)NC(=S)NNC(=O)c2ccc([N+](=O)[O-])cc2)cc1OC. The molecule has 2 aromatic carbocycles. The lowest BCUT2D eigenvalue weighted by Crippen LogP contribution is -2.48. The molecule has 3 N–H and O–H groups in total. The van der Waals surface area contributed by atoms with Gasteiger partial charge in [0.1, 0.15) is 0 Å². The highest BCUT2D eigenvalue weighted by Crippen LogP contribution is 2.27. The first-order valence-corrected chi connectivity index (χ1v) is 8.80. The molecule has 0 saturated heterocycles. The zero-order chi connectivity index (χ0) is 22.1. The number of nitro groups is 1. The van der Waals surface area contributed by atoms with Gasteiger partial charge in [-0.05, 0) is 48.1 Å². The molecular formula is C19H18N4O6S. The van der Waals surface area contributed by atoms with Crippen LogP contribution in [0.2, 0.25) is 0 Å². The first kappa shape index (κ1) is 22.3. The number of nitro benzene ring substituents is 1. The van der Waals surface area contributed by atoms with E-state index in [1.54, 1.807) is 24.3 Å². The summed E-state index contributed by atoms with van der Waals surface area (Å²) in [6, 6.07) is 10.1. The third-order valence-electron chi connectivity index (χ3n) is 3.70. The number of nitrogens with zero attached hydrogens (tertiary/aromatic N) is 1. The van der Waals surface area contributed by atoms with Crippen LogP contribution in [-0.2, 0) is 4.79 Å². The van der Waals surface area contributed by atoms with Gasteiger partial charge in [-0.3, -0.25) is 35.9 Å². The van der Waals surface area contributed by atoms with Crippen LogP contribution in [0.25, 0.3) is 6.08 Å². The second-order valence-corrected chi connectivity index (χ2v) is 6.06. The second-order valence-electron chi connectivity index (χ2n) is 5.65. The third kappa shape index (κ3) is 6.27. The van der Waals surface area contributed by atoms with Crippen molar-refractivity contribution in [3.05, 3.63) is 69.8 Å². The minimum Gasteiger partial charge on any atom is -0.493 e. The van der Waals surface area contributed by atoms with Crippen molar-refractivity contribution in [3.63, 3.8) is 0 Å². The van der Waals surface area contributed by atoms with Crippen molar-refractivity contribution < 1.29 is 24.0 Å². The summed E-state index contributed by atoms with van der Waals surface area (Å²) in [6.07, 6.45) is 2.81. The summed E-state index contributed by atoms with van der Waals surface area (Å²) in [4.78, 5) is 34.0. The third-order valence-corrected chi connectivity index (χ3v) is 3.91. The van der Waals surface area contributed by atoms with Gasteiger partial charge < -0.3 is 9.47 Å². The summed E-state index contributed by atoms with van der Waals surface area (Å²) in [5.74, 6) is -0.0197. The fourth-order valence-electron chi connectivity index (χ4n) is 2.23. The van der Waals surface area contributed by atoms with E-state index in [0.29, 0.717) is 17.1 Å². The largest absolute Gasteiger partial charge is 0.493 e. The van der Waals surface area contributed by atoms with Gasteiger partial charge in [0.2, 0.25) is 5.91 Å². The fraction of sp³-hybridized carbons (Fsp3) is 0.105. The number of benzene rings is 2. The highest BCUT2D eigenvalue weighted by molar-refractivity contribution is 7.80. The van der Waals surface area contributed by atoms with Crippen LogP contribution in [0.5, 0.6) is 11.5 Å². The molecule has 0 radical (unpaired) electrons. The summed E-state index contributed by atoms with van der Waals surface area (Å²) in [7, 11) is 3.03. The van der Waals surface area contributed by atoms with E-state index in [9.17, 15) is 19.7 Å². The Labute approximate surface area is 177 Å². The number of amides is 2. The van der Waals surface area contributed by atoms with Crippen LogP contribution in [0.15, 0.2) is 48.5 Å². The van der Waals surface area contributed by atoms with E-state index in [0.717, 1.165) is 0 Å². The molecule has 2 aromatic rings. The molecule has 0 atom stereocenters. The van der Waals surface area contributed by atoms with Gasteiger partial charge in [0.15, 0.2) is 16.6 Å². The Morgan fingerprint density at radius 1 is 1.03 bits per heavy atom. The van der Waals surface area contributed by atoms with Crippen LogP contribution < -0.4 is 25.6 Å². The van der Waals surface area contributed by atoms with Crippen LogP contribution in [-0.4, -0.2) is 36.1 Å². The van der Waals surface area contributed by atoms with Crippen molar-refractivity contribution in [1.82, 2.24) is 16.2 Å². The van der Waals surface area contributed by atoms with Gasteiger partial charge in [-0.2, -0.15) is 0 Å². The summed E-state index contributed by atoms with van der Waals surface area (Å²) >= 11 is 4.94. The minimum absolute atomic E-state index is 0.132. The number of methoxy groups -OCH3 is 2. The Bertz CT molecular complexity index is 991. The van der Waals surface area contributed by atoms with Crippen LogP contribution in [0.4, 0.5) is 5.69 Å². The quantitative estimate of drug-likeness (QED) is 0.274. The molecule has 0 unspecified atom stereocenters. The maximum atomic E-state index is 12.0. The highest BCUT2D eigenvalue weighted by Gasteiger charge is 2.10. The molecule has 30 heavy (non-hydrogen) atoms. The number of rotatable bonds is 6. The van der Waals surface area contributed by atoms with Crippen molar-refractivity contribution in [1.29, 1.82) is 0 Å². The number of thiocarbonyl (C=S) groups is 1. The number of nitrogens with one attached hydrogen (secondary N) is 3. The van der Waals surface area contributed by atoms with Crippen LogP contribution in [0.1, 0.15) is 15.9 Å². The standard InChI is InChI=1S/C19H18N4O6S/c1-28-15-9-3-12(11-16(15)29-2)4-10-17(24)20-19(30)22-21-18(25)13-5-7-14(8-6-13)23(26)27/h3-11H,1-2H3,(H,21,25)(H2,20,22,24,30)/b10-4+. The van der Waals surface area contributed by atoms with E-state index in [1.165, 1.54) is 44.6 Å². The normalized spacial score (nSPS) is 10.2. The van der Waals surface area contributed by atoms with Crippen molar-refractivity contribution in [2.45, 2.75) is 0 Å². The highest BCUT2D eigenvalue weighted by atomic mass is 32.1. The molecule has 10 nitrogen and oxygen atoms in total. The molecule has 156 valence electrons. The molecular weight excluding hydrogens is 412 g/mol. The molecule has 0 fully saturated rings. The summed E-state index contributed by atoms with van der Waals surface area (Å²) in [5, 5.41) is 12.9. The maximum Gasteiger partial charge on any atom is 0.269 e. The maximum absolute atomic E-state index is 12.0. The van der Waals surface area contributed by atoms with Gasteiger partial charge in [0, 0.05) is 23.8 Å². The molecule has 0 saturated carbocycles. The predicted molar refractivity (Wildman–Crippen MR) is 113 cm³/mol. The topological polar surface area (TPSA) is 132 Å². The molecule has 2 rings (SSSR count). The Morgan fingerprint density at radius 3 is 2.30 bits per heavy atom. The molecule has 0 heterocycles. The van der Waals surface area contributed by atoms with Gasteiger partial charge >= 0.3 is 0 Å². The lowest BCUT2D eigenvalue weighted by molar-refractivity contribution is -0.384. The number of hydrazine groups is 1. The smallest absolute Gasteiger partial charge is 0.269 e. The molecule has 0 aromatic heterocycles. The van der Waals surface area contributed by atoms with E-state index in [-0.39, 0.29) is 16.4 Å². The Hall–Kier alpha value is -3.99. The number of ether oxygens (including phenoxy) is 2. The van der Waals surface area contributed by atoms with E-state index in [1.807, 2.05) is 0 Å². The lowest BCUT2D eigenvalue weighted by Gasteiger charge is -2.10. The van der Waals surface area contributed by atoms with Crippen LogP contribution in [0, 0.1) is 10.1 Å². The van der Waals surface area contributed by atoms with Crippen molar-refractivity contribution in [2.75, 3.05) is 14.2 Å². The van der Waals surface area contributed by atoms with Crippen molar-refractivity contribution in [2.24, 2.45) is 0 Å². The monoisotopic (exact) mass is 430 g/mol. The zero-order valence-corrected chi connectivity index (χ0v) is 16.8. The molecule has 0 spiro atoms. The van der Waals surface area contributed by atoms with Gasteiger partial charge in [0.25, 0.3) is 11.6 Å². The van der Waals surface area contributed by atoms with Gasteiger partial charge in [-0.1, -0.05) is 6.07 Å².